The van der Waals surface area contributed by atoms with E-state index in [-0.39, 0.29) is 11.4 Å². The third kappa shape index (κ3) is 2.86. The molecule has 134 valence electrons. The Hall–Kier alpha value is -2.15. The van der Waals surface area contributed by atoms with E-state index in [9.17, 15) is 4.79 Å². The van der Waals surface area contributed by atoms with E-state index < -0.39 is 0 Å². The zero-order chi connectivity index (χ0) is 17.3. The fourth-order valence-corrected chi connectivity index (χ4v) is 4.43. The molecule has 25 heavy (non-hydrogen) atoms. The minimum Gasteiger partial charge on any atom is -0.348 e. The highest BCUT2D eigenvalue weighted by molar-refractivity contribution is 5.76. The highest BCUT2D eigenvalue weighted by atomic mass is 16.2. The number of aromatic amines is 1. The molecular formula is C18H26N6O. The molecule has 7 nitrogen and oxygen atoms in total. The van der Waals surface area contributed by atoms with Crippen LogP contribution in [0.25, 0.3) is 0 Å². The summed E-state index contributed by atoms with van der Waals surface area (Å²) in [6.45, 7) is 6.29. The third-order valence-corrected chi connectivity index (χ3v) is 5.69. The lowest BCUT2D eigenvalue weighted by Gasteiger charge is -2.50. The molecule has 1 saturated heterocycles. The number of carbonyl (C=O) groups excluding carboxylic acids is 1. The van der Waals surface area contributed by atoms with E-state index in [1.807, 2.05) is 23.5 Å². The summed E-state index contributed by atoms with van der Waals surface area (Å²) in [5.41, 5.74) is 2.49. The molecule has 0 atom stereocenters. The first-order valence-corrected chi connectivity index (χ1v) is 9.26. The smallest absolute Gasteiger partial charge is 0.244 e. The number of nitrogens with one attached hydrogen (secondary N) is 1. The van der Waals surface area contributed by atoms with Crippen molar-refractivity contribution in [2.45, 2.75) is 44.7 Å². The Bertz CT molecular complexity index is 714. The first kappa shape index (κ1) is 16.3. The Morgan fingerprint density at radius 2 is 2.16 bits per heavy atom. The van der Waals surface area contributed by atoms with Crippen molar-refractivity contribution in [2.75, 3.05) is 26.2 Å². The third-order valence-electron chi connectivity index (χ3n) is 5.69. The maximum Gasteiger partial charge on any atom is 0.244 e. The van der Waals surface area contributed by atoms with Crippen LogP contribution in [0.1, 0.15) is 37.6 Å². The van der Waals surface area contributed by atoms with Crippen molar-refractivity contribution in [1.82, 2.24) is 29.5 Å². The molecule has 0 aliphatic carbocycles. The minimum absolute atomic E-state index is 0.00786. The summed E-state index contributed by atoms with van der Waals surface area (Å²) >= 11 is 0. The van der Waals surface area contributed by atoms with Gasteiger partial charge in [0.1, 0.15) is 6.54 Å². The zero-order valence-electron chi connectivity index (χ0n) is 14.8. The largest absolute Gasteiger partial charge is 0.348 e. The molecule has 0 radical (unpaired) electrons. The summed E-state index contributed by atoms with van der Waals surface area (Å²) in [7, 11) is 0. The van der Waals surface area contributed by atoms with Crippen molar-refractivity contribution >= 4 is 5.91 Å². The van der Waals surface area contributed by atoms with Crippen molar-refractivity contribution in [1.29, 1.82) is 0 Å². The lowest BCUT2D eigenvalue weighted by molar-refractivity contribution is -0.135. The number of hydrogen-bond donors (Lipinski definition) is 1. The highest BCUT2D eigenvalue weighted by Gasteiger charge is 2.46. The summed E-state index contributed by atoms with van der Waals surface area (Å²) in [4.78, 5) is 25.2. The van der Waals surface area contributed by atoms with Gasteiger partial charge in [0.25, 0.3) is 0 Å². The van der Waals surface area contributed by atoms with E-state index >= 15 is 0 Å². The second-order valence-electron chi connectivity index (χ2n) is 7.08. The number of aromatic nitrogens is 4. The van der Waals surface area contributed by atoms with Crippen LogP contribution in [0.5, 0.6) is 0 Å². The Morgan fingerprint density at radius 3 is 2.88 bits per heavy atom. The molecule has 0 bridgehead atoms. The lowest BCUT2D eigenvalue weighted by Crippen LogP contribution is -2.57. The van der Waals surface area contributed by atoms with Gasteiger partial charge in [-0.2, -0.15) is 5.10 Å². The predicted molar refractivity (Wildman–Crippen MR) is 93.9 cm³/mol. The SMILES string of the molecule is CCCN1CCc2[nH]cnc2C12CCN(C(=O)Cn1cccn1)CC2. The molecule has 1 fully saturated rings. The molecule has 2 aromatic rings. The van der Waals surface area contributed by atoms with E-state index in [4.69, 9.17) is 0 Å². The second kappa shape index (κ2) is 6.63. The molecule has 2 aliphatic rings. The highest BCUT2D eigenvalue weighted by Crippen LogP contribution is 2.42. The number of hydrogen-bond acceptors (Lipinski definition) is 4. The standard InChI is InChI=1S/C18H26N6O/c1-2-8-23-10-4-15-17(20-14-19-15)18(23)5-11-22(12-6-18)16(25)13-24-9-3-7-21-24/h3,7,9,14H,2,4-6,8,10-13H2,1H3,(H,19,20). The average molecular weight is 342 g/mol. The molecule has 0 unspecified atom stereocenters. The molecule has 1 N–H and O–H groups in total. The zero-order valence-corrected chi connectivity index (χ0v) is 14.8. The van der Waals surface area contributed by atoms with Crippen LogP contribution < -0.4 is 0 Å². The number of fused-ring (bicyclic) bond motifs is 2. The molecule has 2 aromatic heterocycles. The molecule has 4 heterocycles. The Balaban J connectivity index is 1.50. The van der Waals surface area contributed by atoms with Crippen molar-refractivity contribution in [3.8, 4) is 0 Å². The topological polar surface area (TPSA) is 70.1 Å². The van der Waals surface area contributed by atoms with Gasteiger partial charge in [-0.15, -0.1) is 0 Å². The van der Waals surface area contributed by atoms with Crippen LogP contribution in [0.3, 0.4) is 0 Å². The van der Waals surface area contributed by atoms with Gasteiger partial charge in [-0.05, 0) is 31.9 Å². The van der Waals surface area contributed by atoms with Crippen LogP contribution in [0.15, 0.2) is 24.8 Å². The van der Waals surface area contributed by atoms with Gasteiger partial charge in [-0.1, -0.05) is 6.92 Å². The molecule has 1 amide bonds. The van der Waals surface area contributed by atoms with Crippen LogP contribution in [0.2, 0.25) is 0 Å². The van der Waals surface area contributed by atoms with Gasteiger partial charge in [-0.3, -0.25) is 14.4 Å². The minimum atomic E-state index is -0.00786. The van der Waals surface area contributed by atoms with Crippen LogP contribution in [0.4, 0.5) is 0 Å². The summed E-state index contributed by atoms with van der Waals surface area (Å²) < 4.78 is 1.70. The monoisotopic (exact) mass is 342 g/mol. The van der Waals surface area contributed by atoms with Crippen molar-refractivity contribution in [3.05, 3.63) is 36.2 Å². The number of rotatable bonds is 4. The predicted octanol–water partition coefficient (Wildman–Crippen LogP) is 1.39. The van der Waals surface area contributed by atoms with E-state index in [2.05, 4.69) is 26.9 Å². The van der Waals surface area contributed by atoms with Crippen molar-refractivity contribution in [3.63, 3.8) is 0 Å². The first-order valence-electron chi connectivity index (χ1n) is 9.26. The van der Waals surface area contributed by atoms with Gasteiger partial charge >= 0.3 is 0 Å². The van der Waals surface area contributed by atoms with E-state index in [0.29, 0.717) is 6.54 Å². The van der Waals surface area contributed by atoms with Crippen LogP contribution in [0, 0.1) is 0 Å². The number of likely N-dealkylation sites (tertiary alicyclic amines) is 1. The summed E-state index contributed by atoms with van der Waals surface area (Å²) in [5.74, 6) is 0.152. The van der Waals surface area contributed by atoms with Gasteiger partial charge in [0, 0.05) is 44.1 Å². The number of H-pyrrole nitrogens is 1. The summed E-state index contributed by atoms with van der Waals surface area (Å²) in [6.07, 6.45) is 9.47. The normalized spacial score (nSPS) is 20.0. The maximum atomic E-state index is 12.6. The van der Waals surface area contributed by atoms with Gasteiger partial charge in [0.05, 0.1) is 17.6 Å². The Kier molecular flexibility index (Phi) is 4.33. The summed E-state index contributed by atoms with van der Waals surface area (Å²) in [6, 6.07) is 1.85. The number of imidazole rings is 1. The molecular weight excluding hydrogens is 316 g/mol. The maximum absolute atomic E-state index is 12.6. The van der Waals surface area contributed by atoms with E-state index in [1.165, 1.54) is 11.4 Å². The van der Waals surface area contributed by atoms with Crippen molar-refractivity contribution in [2.24, 2.45) is 0 Å². The number of nitrogens with zero attached hydrogens (tertiary/aromatic N) is 5. The van der Waals surface area contributed by atoms with Gasteiger partial charge in [-0.25, -0.2) is 4.98 Å². The Labute approximate surface area is 148 Å². The summed E-state index contributed by atoms with van der Waals surface area (Å²) in [5, 5.41) is 4.14. The molecule has 0 aromatic carbocycles. The van der Waals surface area contributed by atoms with Gasteiger partial charge < -0.3 is 9.88 Å². The fourth-order valence-electron chi connectivity index (χ4n) is 4.43. The molecule has 2 aliphatic heterocycles. The van der Waals surface area contributed by atoms with E-state index in [1.54, 1.807) is 10.9 Å². The first-order chi connectivity index (χ1) is 12.2. The number of piperidine rings is 1. The molecule has 7 heteroatoms. The van der Waals surface area contributed by atoms with E-state index in [0.717, 1.165) is 51.9 Å². The second-order valence-corrected chi connectivity index (χ2v) is 7.08. The molecule has 1 spiro atoms. The van der Waals surface area contributed by atoms with Crippen LogP contribution in [-0.4, -0.2) is 61.6 Å². The van der Waals surface area contributed by atoms with Crippen LogP contribution in [-0.2, 0) is 23.3 Å². The Morgan fingerprint density at radius 1 is 1.32 bits per heavy atom. The molecule has 4 rings (SSSR count). The van der Waals surface area contributed by atoms with Gasteiger partial charge in [0.2, 0.25) is 5.91 Å². The number of amides is 1. The quantitative estimate of drug-likeness (QED) is 0.912. The van der Waals surface area contributed by atoms with Crippen molar-refractivity contribution < 1.29 is 4.79 Å². The van der Waals surface area contributed by atoms with Gasteiger partial charge in [0.15, 0.2) is 0 Å². The molecule has 0 saturated carbocycles. The number of carbonyl (C=O) groups is 1. The fraction of sp³-hybridized carbons (Fsp3) is 0.611. The average Bonchev–Trinajstić information content (AvgIpc) is 3.30. The lowest BCUT2D eigenvalue weighted by atomic mass is 9.78. The van der Waals surface area contributed by atoms with Crippen LogP contribution >= 0.6 is 0 Å².